The molecule has 1 aliphatic rings. The first-order valence-electron chi connectivity index (χ1n) is 6.82. The minimum absolute atomic E-state index is 0.117. The molecular formula is C14H16N6O. The van der Waals surface area contributed by atoms with Crippen LogP contribution in [0.1, 0.15) is 29.8 Å². The molecule has 21 heavy (non-hydrogen) atoms. The van der Waals surface area contributed by atoms with E-state index in [2.05, 4.69) is 25.3 Å². The monoisotopic (exact) mass is 284 g/mol. The standard InChI is InChI=1S/C14H16N6O/c15-14(21)9-1-6-18-13(11-3-5-17-8-20-11)12(9)10-2-4-16-7-19-10/h2-5,7-9,12-13,18H,1,6H2,(H2,15,21). The van der Waals surface area contributed by atoms with Crippen molar-refractivity contribution in [3.8, 4) is 0 Å². The van der Waals surface area contributed by atoms with Crippen molar-refractivity contribution >= 4 is 5.91 Å². The number of aromatic nitrogens is 4. The van der Waals surface area contributed by atoms with Crippen LogP contribution in [0.5, 0.6) is 0 Å². The van der Waals surface area contributed by atoms with Crippen LogP contribution in [0.25, 0.3) is 0 Å². The molecule has 3 N–H and O–H groups in total. The molecule has 0 bridgehead atoms. The second-order valence-electron chi connectivity index (χ2n) is 5.02. The van der Waals surface area contributed by atoms with Crippen LogP contribution in [-0.2, 0) is 4.79 Å². The van der Waals surface area contributed by atoms with Gasteiger partial charge in [-0.3, -0.25) is 4.79 Å². The molecule has 1 saturated heterocycles. The minimum Gasteiger partial charge on any atom is -0.369 e. The number of amides is 1. The number of primary amides is 1. The Morgan fingerprint density at radius 1 is 1.14 bits per heavy atom. The lowest BCUT2D eigenvalue weighted by Gasteiger charge is -2.36. The van der Waals surface area contributed by atoms with Crippen molar-refractivity contribution in [1.82, 2.24) is 25.3 Å². The average Bonchev–Trinajstić information content (AvgIpc) is 2.55. The van der Waals surface area contributed by atoms with Crippen LogP contribution in [0, 0.1) is 5.92 Å². The molecule has 3 heterocycles. The van der Waals surface area contributed by atoms with E-state index in [9.17, 15) is 4.79 Å². The zero-order valence-corrected chi connectivity index (χ0v) is 11.4. The molecule has 3 unspecified atom stereocenters. The fourth-order valence-corrected chi connectivity index (χ4v) is 2.90. The van der Waals surface area contributed by atoms with Crippen LogP contribution in [-0.4, -0.2) is 32.4 Å². The van der Waals surface area contributed by atoms with Gasteiger partial charge in [0, 0.05) is 29.9 Å². The van der Waals surface area contributed by atoms with Gasteiger partial charge < -0.3 is 11.1 Å². The van der Waals surface area contributed by atoms with Crippen LogP contribution in [0.3, 0.4) is 0 Å². The van der Waals surface area contributed by atoms with Gasteiger partial charge in [0.1, 0.15) is 12.7 Å². The van der Waals surface area contributed by atoms with E-state index in [1.807, 2.05) is 12.1 Å². The molecule has 3 rings (SSSR count). The molecule has 0 aliphatic carbocycles. The van der Waals surface area contributed by atoms with Crippen molar-refractivity contribution in [1.29, 1.82) is 0 Å². The SMILES string of the molecule is NC(=O)C1CCNC(c2ccncn2)C1c1ccncn1. The summed E-state index contributed by atoms with van der Waals surface area (Å²) in [6.45, 7) is 0.712. The summed E-state index contributed by atoms with van der Waals surface area (Å²) in [6.07, 6.45) is 7.04. The molecule has 7 nitrogen and oxygen atoms in total. The Labute approximate surface area is 122 Å². The van der Waals surface area contributed by atoms with E-state index in [0.29, 0.717) is 13.0 Å². The van der Waals surface area contributed by atoms with Crippen LogP contribution < -0.4 is 11.1 Å². The van der Waals surface area contributed by atoms with Crippen molar-refractivity contribution < 1.29 is 4.79 Å². The molecule has 108 valence electrons. The van der Waals surface area contributed by atoms with E-state index in [1.165, 1.54) is 12.7 Å². The van der Waals surface area contributed by atoms with Crippen molar-refractivity contribution in [2.45, 2.75) is 18.4 Å². The zero-order valence-electron chi connectivity index (χ0n) is 11.4. The van der Waals surface area contributed by atoms with E-state index in [-0.39, 0.29) is 23.8 Å². The highest BCUT2D eigenvalue weighted by molar-refractivity contribution is 5.78. The number of piperidine rings is 1. The van der Waals surface area contributed by atoms with Crippen LogP contribution in [0.2, 0.25) is 0 Å². The fraction of sp³-hybridized carbons (Fsp3) is 0.357. The van der Waals surface area contributed by atoms with E-state index in [1.54, 1.807) is 12.4 Å². The summed E-state index contributed by atoms with van der Waals surface area (Å²) in [6, 6.07) is 3.55. The Morgan fingerprint density at radius 3 is 2.38 bits per heavy atom. The molecule has 1 amide bonds. The Bertz CT molecular complexity index is 605. The highest BCUT2D eigenvalue weighted by Crippen LogP contribution is 2.39. The van der Waals surface area contributed by atoms with E-state index in [0.717, 1.165) is 11.4 Å². The Kier molecular flexibility index (Phi) is 3.83. The third kappa shape index (κ3) is 2.73. The number of rotatable bonds is 3. The predicted molar refractivity (Wildman–Crippen MR) is 74.9 cm³/mol. The molecule has 0 spiro atoms. The maximum Gasteiger partial charge on any atom is 0.221 e. The molecule has 2 aromatic rings. The molecule has 7 heteroatoms. The fourth-order valence-electron chi connectivity index (χ4n) is 2.90. The number of nitrogens with one attached hydrogen (secondary N) is 1. The minimum atomic E-state index is -0.306. The third-order valence-corrected chi connectivity index (χ3v) is 3.85. The summed E-state index contributed by atoms with van der Waals surface area (Å²) in [5.74, 6) is -0.741. The summed E-state index contributed by atoms with van der Waals surface area (Å²) in [4.78, 5) is 28.3. The van der Waals surface area contributed by atoms with Gasteiger partial charge in [-0.05, 0) is 25.1 Å². The lowest BCUT2D eigenvalue weighted by atomic mass is 9.77. The largest absolute Gasteiger partial charge is 0.369 e. The Morgan fingerprint density at radius 2 is 1.81 bits per heavy atom. The third-order valence-electron chi connectivity index (χ3n) is 3.85. The van der Waals surface area contributed by atoms with Crippen molar-refractivity contribution in [3.05, 3.63) is 48.6 Å². The smallest absolute Gasteiger partial charge is 0.221 e. The lowest BCUT2D eigenvalue weighted by molar-refractivity contribution is -0.123. The van der Waals surface area contributed by atoms with Gasteiger partial charge in [0.2, 0.25) is 5.91 Å². The quantitative estimate of drug-likeness (QED) is 0.833. The predicted octanol–water partition coefficient (Wildman–Crippen LogP) is 0.186. The number of nitrogens with zero attached hydrogens (tertiary/aromatic N) is 4. The second-order valence-corrected chi connectivity index (χ2v) is 5.02. The lowest BCUT2D eigenvalue weighted by Crippen LogP contribution is -2.44. The maximum atomic E-state index is 11.8. The summed E-state index contributed by atoms with van der Waals surface area (Å²) in [5.41, 5.74) is 7.22. The highest BCUT2D eigenvalue weighted by atomic mass is 16.1. The van der Waals surface area contributed by atoms with Gasteiger partial charge >= 0.3 is 0 Å². The van der Waals surface area contributed by atoms with Gasteiger partial charge in [0.25, 0.3) is 0 Å². The number of nitrogens with two attached hydrogens (primary N) is 1. The summed E-state index contributed by atoms with van der Waals surface area (Å²) >= 11 is 0. The first kappa shape index (κ1) is 13.6. The highest BCUT2D eigenvalue weighted by Gasteiger charge is 2.39. The number of hydrogen-bond acceptors (Lipinski definition) is 6. The van der Waals surface area contributed by atoms with Crippen LogP contribution in [0.4, 0.5) is 0 Å². The van der Waals surface area contributed by atoms with Gasteiger partial charge in [-0.25, -0.2) is 19.9 Å². The van der Waals surface area contributed by atoms with E-state index in [4.69, 9.17) is 5.73 Å². The molecule has 2 aromatic heterocycles. The van der Waals surface area contributed by atoms with Gasteiger partial charge in [0.05, 0.1) is 11.7 Å². The Balaban J connectivity index is 2.02. The average molecular weight is 284 g/mol. The van der Waals surface area contributed by atoms with Gasteiger partial charge in [-0.1, -0.05) is 0 Å². The summed E-state index contributed by atoms with van der Waals surface area (Å²) < 4.78 is 0. The summed E-state index contributed by atoms with van der Waals surface area (Å²) in [7, 11) is 0. The van der Waals surface area contributed by atoms with E-state index < -0.39 is 0 Å². The van der Waals surface area contributed by atoms with Crippen molar-refractivity contribution in [2.75, 3.05) is 6.54 Å². The molecule has 0 aromatic carbocycles. The Hall–Kier alpha value is -2.41. The zero-order chi connectivity index (χ0) is 14.7. The van der Waals surface area contributed by atoms with Crippen molar-refractivity contribution in [3.63, 3.8) is 0 Å². The number of hydrogen-bond donors (Lipinski definition) is 2. The first-order chi connectivity index (χ1) is 10.3. The molecule has 3 atom stereocenters. The molecule has 0 radical (unpaired) electrons. The van der Waals surface area contributed by atoms with Crippen LogP contribution in [0.15, 0.2) is 37.2 Å². The molecule has 1 aliphatic heterocycles. The number of carbonyl (C=O) groups excluding carboxylic acids is 1. The van der Waals surface area contributed by atoms with E-state index >= 15 is 0 Å². The molecular weight excluding hydrogens is 268 g/mol. The molecule has 1 fully saturated rings. The first-order valence-corrected chi connectivity index (χ1v) is 6.82. The summed E-state index contributed by atoms with van der Waals surface area (Å²) in [5, 5.41) is 3.41. The molecule has 0 saturated carbocycles. The van der Waals surface area contributed by atoms with Crippen LogP contribution >= 0.6 is 0 Å². The maximum absolute atomic E-state index is 11.8. The van der Waals surface area contributed by atoms with Crippen molar-refractivity contribution in [2.24, 2.45) is 11.7 Å². The normalized spacial score (nSPS) is 25.4. The van der Waals surface area contributed by atoms with Gasteiger partial charge in [-0.2, -0.15) is 0 Å². The second kappa shape index (κ2) is 5.92. The topological polar surface area (TPSA) is 107 Å². The van der Waals surface area contributed by atoms with Gasteiger partial charge in [-0.15, -0.1) is 0 Å². The number of carbonyl (C=O) groups is 1. The van der Waals surface area contributed by atoms with Gasteiger partial charge in [0.15, 0.2) is 0 Å².